The summed E-state index contributed by atoms with van der Waals surface area (Å²) in [4.78, 5) is 31.0. The number of aromatic nitrogens is 2. The Morgan fingerprint density at radius 1 is 1.33 bits per heavy atom. The molecule has 0 atom stereocenters. The Hall–Kier alpha value is -1.85. The van der Waals surface area contributed by atoms with Crippen LogP contribution < -0.4 is 4.84 Å². The summed E-state index contributed by atoms with van der Waals surface area (Å²) in [6.45, 7) is 4.82. The van der Waals surface area contributed by atoms with Gasteiger partial charge in [-0.05, 0) is 6.42 Å². The molecule has 0 fully saturated rings. The standard InChI is InChI=1S/C12H18N2O4/c1-4-5-6-12-13-11(8-17-9(2)15)7-14(12)18-10(3)16/h7H,4-6,8H2,1-3H3. The maximum Gasteiger partial charge on any atom is 0.329 e. The fourth-order valence-corrected chi connectivity index (χ4v) is 1.42. The van der Waals surface area contributed by atoms with E-state index in [1.807, 2.05) is 0 Å². The molecule has 0 spiro atoms. The van der Waals surface area contributed by atoms with Crippen molar-refractivity contribution >= 4 is 11.9 Å². The molecule has 0 aliphatic carbocycles. The van der Waals surface area contributed by atoms with Crippen molar-refractivity contribution in [2.75, 3.05) is 0 Å². The third kappa shape index (κ3) is 4.57. The van der Waals surface area contributed by atoms with Crippen LogP contribution in [0.3, 0.4) is 0 Å². The van der Waals surface area contributed by atoms with Gasteiger partial charge in [0.1, 0.15) is 12.4 Å². The molecule has 1 rings (SSSR count). The molecule has 100 valence electrons. The number of aryl methyl sites for hydroxylation is 1. The second kappa shape index (κ2) is 6.78. The molecular weight excluding hydrogens is 236 g/mol. The zero-order valence-electron chi connectivity index (χ0n) is 10.9. The maximum absolute atomic E-state index is 11.0. The van der Waals surface area contributed by atoms with Gasteiger partial charge in [-0.2, -0.15) is 4.73 Å². The molecule has 0 unspecified atom stereocenters. The highest BCUT2D eigenvalue weighted by Gasteiger charge is 2.11. The highest BCUT2D eigenvalue weighted by Crippen LogP contribution is 2.07. The fourth-order valence-electron chi connectivity index (χ4n) is 1.42. The van der Waals surface area contributed by atoms with Gasteiger partial charge in [-0.25, -0.2) is 9.78 Å². The third-order valence-corrected chi connectivity index (χ3v) is 2.20. The summed E-state index contributed by atoms with van der Waals surface area (Å²) in [6.07, 6.45) is 4.25. The lowest BCUT2D eigenvalue weighted by molar-refractivity contribution is -0.143. The number of nitrogens with zero attached hydrogens (tertiary/aromatic N) is 2. The first-order valence-corrected chi connectivity index (χ1v) is 5.92. The average Bonchev–Trinajstić information content (AvgIpc) is 2.65. The summed E-state index contributed by atoms with van der Waals surface area (Å²) in [5.41, 5.74) is 0.567. The van der Waals surface area contributed by atoms with E-state index in [2.05, 4.69) is 11.9 Å². The Bertz CT molecular complexity index is 426. The van der Waals surface area contributed by atoms with Gasteiger partial charge in [-0.3, -0.25) is 4.79 Å². The van der Waals surface area contributed by atoms with E-state index in [0.29, 0.717) is 17.9 Å². The number of carbonyl (C=O) groups is 2. The van der Waals surface area contributed by atoms with E-state index in [4.69, 9.17) is 9.57 Å². The molecule has 0 aliphatic rings. The Kier molecular flexibility index (Phi) is 5.35. The van der Waals surface area contributed by atoms with Crippen LogP contribution in [0.25, 0.3) is 0 Å². The van der Waals surface area contributed by atoms with Gasteiger partial charge >= 0.3 is 11.9 Å². The van der Waals surface area contributed by atoms with Crippen LogP contribution in [0.15, 0.2) is 6.20 Å². The largest absolute Gasteiger partial charge is 0.459 e. The van der Waals surface area contributed by atoms with Crippen molar-refractivity contribution in [3.63, 3.8) is 0 Å². The van der Waals surface area contributed by atoms with Crippen LogP contribution in [0.2, 0.25) is 0 Å². The number of hydrogen-bond acceptors (Lipinski definition) is 5. The average molecular weight is 254 g/mol. The molecule has 0 aliphatic heterocycles. The van der Waals surface area contributed by atoms with Gasteiger partial charge in [0.2, 0.25) is 0 Å². The number of ether oxygens (including phenoxy) is 1. The minimum Gasteiger partial charge on any atom is -0.459 e. The van der Waals surface area contributed by atoms with Crippen molar-refractivity contribution < 1.29 is 19.2 Å². The molecule has 18 heavy (non-hydrogen) atoms. The molecule has 1 aromatic rings. The van der Waals surface area contributed by atoms with Crippen LogP contribution in [-0.4, -0.2) is 21.7 Å². The van der Waals surface area contributed by atoms with E-state index in [0.717, 1.165) is 12.8 Å². The van der Waals surface area contributed by atoms with Crippen molar-refractivity contribution in [3.8, 4) is 0 Å². The lowest BCUT2D eigenvalue weighted by atomic mass is 10.2. The van der Waals surface area contributed by atoms with Crippen molar-refractivity contribution in [2.24, 2.45) is 0 Å². The van der Waals surface area contributed by atoms with Crippen molar-refractivity contribution in [1.29, 1.82) is 0 Å². The zero-order valence-corrected chi connectivity index (χ0v) is 10.9. The Balaban J connectivity index is 2.77. The highest BCUT2D eigenvalue weighted by atomic mass is 16.7. The summed E-state index contributed by atoms with van der Waals surface area (Å²) in [6, 6.07) is 0. The van der Waals surface area contributed by atoms with Gasteiger partial charge in [0, 0.05) is 20.3 Å². The minimum atomic E-state index is -0.413. The summed E-state index contributed by atoms with van der Waals surface area (Å²) >= 11 is 0. The second-order valence-electron chi connectivity index (χ2n) is 3.94. The number of rotatable bonds is 6. The van der Waals surface area contributed by atoms with Gasteiger partial charge in [0.15, 0.2) is 0 Å². The number of hydrogen-bond donors (Lipinski definition) is 0. The van der Waals surface area contributed by atoms with Crippen LogP contribution in [-0.2, 0) is 27.4 Å². The monoisotopic (exact) mass is 254 g/mol. The molecule has 0 amide bonds. The molecule has 0 aromatic carbocycles. The van der Waals surface area contributed by atoms with Crippen molar-refractivity contribution in [2.45, 2.75) is 46.6 Å². The first-order valence-electron chi connectivity index (χ1n) is 5.92. The maximum atomic E-state index is 11.0. The molecular formula is C12H18N2O4. The molecule has 1 aromatic heterocycles. The Morgan fingerprint density at radius 3 is 2.61 bits per heavy atom. The molecule has 0 N–H and O–H groups in total. The van der Waals surface area contributed by atoms with Crippen molar-refractivity contribution in [1.82, 2.24) is 9.71 Å². The quantitative estimate of drug-likeness (QED) is 0.715. The molecule has 6 heteroatoms. The Morgan fingerprint density at radius 2 is 2.06 bits per heavy atom. The van der Waals surface area contributed by atoms with Gasteiger partial charge in [-0.15, -0.1) is 0 Å². The number of unbranched alkanes of at least 4 members (excludes halogenated alkanes) is 1. The molecule has 0 radical (unpaired) electrons. The van der Waals surface area contributed by atoms with Crippen LogP contribution in [0.5, 0.6) is 0 Å². The predicted octanol–water partition coefficient (Wildman–Crippen LogP) is 1.26. The topological polar surface area (TPSA) is 70.4 Å². The second-order valence-corrected chi connectivity index (χ2v) is 3.94. The van der Waals surface area contributed by atoms with Gasteiger partial charge in [-0.1, -0.05) is 13.3 Å². The number of carbonyl (C=O) groups excluding carboxylic acids is 2. The first-order chi connectivity index (χ1) is 8.52. The van der Waals surface area contributed by atoms with Crippen LogP contribution in [0.1, 0.15) is 45.1 Å². The van der Waals surface area contributed by atoms with Crippen molar-refractivity contribution in [3.05, 3.63) is 17.7 Å². The minimum absolute atomic E-state index is 0.0860. The summed E-state index contributed by atoms with van der Waals surface area (Å²) in [5.74, 6) is -0.120. The van der Waals surface area contributed by atoms with Gasteiger partial charge < -0.3 is 9.57 Å². The molecule has 0 saturated heterocycles. The SMILES string of the molecule is CCCCc1nc(COC(C)=O)cn1OC(C)=O. The van der Waals surface area contributed by atoms with Gasteiger partial charge in [0.05, 0.1) is 11.9 Å². The van der Waals surface area contributed by atoms with E-state index < -0.39 is 5.97 Å². The van der Waals surface area contributed by atoms with E-state index >= 15 is 0 Å². The van der Waals surface area contributed by atoms with E-state index in [1.54, 1.807) is 6.20 Å². The fraction of sp³-hybridized carbons (Fsp3) is 0.583. The van der Waals surface area contributed by atoms with E-state index in [1.165, 1.54) is 18.6 Å². The normalized spacial score (nSPS) is 10.2. The summed E-state index contributed by atoms with van der Waals surface area (Å²) < 4.78 is 6.19. The predicted molar refractivity (Wildman–Crippen MR) is 63.6 cm³/mol. The lowest BCUT2D eigenvalue weighted by Gasteiger charge is -2.04. The summed E-state index contributed by atoms with van der Waals surface area (Å²) in [5, 5.41) is 0. The van der Waals surface area contributed by atoms with Gasteiger partial charge in [0.25, 0.3) is 0 Å². The molecule has 0 saturated carbocycles. The smallest absolute Gasteiger partial charge is 0.329 e. The third-order valence-electron chi connectivity index (χ3n) is 2.20. The number of esters is 1. The molecule has 6 nitrogen and oxygen atoms in total. The van der Waals surface area contributed by atoms with Crippen LogP contribution >= 0.6 is 0 Å². The molecule has 0 bridgehead atoms. The van der Waals surface area contributed by atoms with E-state index in [-0.39, 0.29) is 12.6 Å². The van der Waals surface area contributed by atoms with Crippen LogP contribution in [0, 0.1) is 0 Å². The zero-order chi connectivity index (χ0) is 13.5. The van der Waals surface area contributed by atoms with Crippen LogP contribution in [0.4, 0.5) is 0 Å². The number of imidazole rings is 1. The molecule has 1 heterocycles. The summed E-state index contributed by atoms with van der Waals surface area (Å²) in [7, 11) is 0. The highest BCUT2D eigenvalue weighted by molar-refractivity contribution is 5.66. The first kappa shape index (κ1) is 14.2. The van der Waals surface area contributed by atoms with E-state index in [9.17, 15) is 9.59 Å². The lowest BCUT2D eigenvalue weighted by Crippen LogP contribution is -2.18. The Labute approximate surface area is 106 Å².